The minimum Gasteiger partial charge on any atom is -0.496 e. The number of halogens is 1. The van der Waals surface area contributed by atoms with Gasteiger partial charge in [0.1, 0.15) is 5.75 Å². The summed E-state index contributed by atoms with van der Waals surface area (Å²) in [4.78, 5) is 12.3. The van der Waals surface area contributed by atoms with Gasteiger partial charge < -0.3 is 4.74 Å². The quantitative estimate of drug-likeness (QED) is 0.620. The summed E-state index contributed by atoms with van der Waals surface area (Å²) >= 11 is 8.91. The minimum atomic E-state index is -0.323. The third-order valence-corrected chi connectivity index (χ3v) is 5.21. The van der Waals surface area contributed by atoms with Crippen LogP contribution in [0.2, 0.25) is 5.02 Å². The number of nitrogens with zero attached hydrogens (tertiary/aromatic N) is 2. The molecule has 118 valence electrons. The number of thioether (sulfide) groups is 1. The molecule has 0 saturated heterocycles. The van der Waals surface area contributed by atoms with Gasteiger partial charge in [-0.2, -0.15) is 0 Å². The van der Waals surface area contributed by atoms with Crippen molar-refractivity contribution in [3.8, 4) is 5.75 Å². The molecule has 5 nitrogen and oxygen atoms in total. The van der Waals surface area contributed by atoms with Gasteiger partial charge in [-0.1, -0.05) is 48.5 Å². The largest absolute Gasteiger partial charge is 0.496 e. The standard InChI is InChI=1S/C14H16ClN3O2S2/c1-8(2)7-21-14-18-17-13(22-14)16-12(19)10-6-9(15)4-5-11(10)20-3/h4-6,8H,7H2,1-3H3,(H,16,17,19). The Bertz CT molecular complexity index is 661. The first kappa shape index (κ1) is 17.1. The molecule has 22 heavy (non-hydrogen) atoms. The fraction of sp³-hybridized carbons (Fsp3) is 0.357. The van der Waals surface area contributed by atoms with E-state index in [1.54, 1.807) is 30.0 Å². The minimum absolute atomic E-state index is 0.323. The number of aromatic nitrogens is 2. The average Bonchev–Trinajstić information content (AvgIpc) is 2.92. The number of benzene rings is 1. The fourth-order valence-corrected chi connectivity index (χ4v) is 3.47. The lowest BCUT2D eigenvalue weighted by Gasteiger charge is -2.07. The van der Waals surface area contributed by atoms with Crippen molar-refractivity contribution < 1.29 is 9.53 Å². The van der Waals surface area contributed by atoms with E-state index >= 15 is 0 Å². The Balaban J connectivity index is 2.07. The highest BCUT2D eigenvalue weighted by Crippen LogP contribution is 2.28. The topological polar surface area (TPSA) is 64.1 Å². The van der Waals surface area contributed by atoms with E-state index in [0.717, 1.165) is 10.1 Å². The summed E-state index contributed by atoms with van der Waals surface area (Å²) < 4.78 is 6.01. The third kappa shape index (κ3) is 4.59. The van der Waals surface area contributed by atoms with E-state index in [9.17, 15) is 4.79 Å². The van der Waals surface area contributed by atoms with Crippen LogP contribution in [0.3, 0.4) is 0 Å². The fourth-order valence-electron chi connectivity index (χ4n) is 1.58. The van der Waals surface area contributed by atoms with Crippen molar-refractivity contribution in [1.82, 2.24) is 10.2 Å². The molecule has 0 saturated carbocycles. The van der Waals surface area contributed by atoms with Crippen LogP contribution in [0.5, 0.6) is 5.75 Å². The number of hydrogen-bond acceptors (Lipinski definition) is 6. The van der Waals surface area contributed by atoms with E-state index in [4.69, 9.17) is 16.3 Å². The van der Waals surface area contributed by atoms with Gasteiger partial charge in [-0.05, 0) is 24.1 Å². The first-order valence-electron chi connectivity index (χ1n) is 6.60. The molecule has 1 aromatic heterocycles. The lowest BCUT2D eigenvalue weighted by molar-refractivity contribution is 0.102. The number of ether oxygens (including phenoxy) is 1. The Morgan fingerprint density at radius 2 is 2.23 bits per heavy atom. The van der Waals surface area contributed by atoms with Crippen LogP contribution in [0.4, 0.5) is 5.13 Å². The van der Waals surface area contributed by atoms with Crippen molar-refractivity contribution in [1.29, 1.82) is 0 Å². The maximum atomic E-state index is 12.3. The molecule has 0 aliphatic heterocycles. The molecule has 0 bridgehead atoms. The number of methoxy groups -OCH3 is 1. The smallest absolute Gasteiger partial charge is 0.261 e. The zero-order valence-corrected chi connectivity index (χ0v) is 14.8. The van der Waals surface area contributed by atoms with Crippen molar-refractivity contribution in [2.24, 2.45) is 5.92 Å². The maximum Gasteiger partial charge on any atom is 0.261 e. The van der Waals surface area contributed by atoms with Gasteiger partial charge in [0.2, 0.25) is 5.13 Å². The second kappa shape index (κ2) is 7.80. The van der Waals surface area contributed by atoms with E-state index in [1.807, 2.05) is 0 Å². The molecule has 2 aromatic rings. The van der Waals surface area contributed by atoms with Crippen molar-refractivity contribution in [3.05, 3.63) is 28.8 Å². The number of nitrogens with one attached hydrogen (secondary N) is 1. The number of hydrogen-bond donors (Lipinski definition) is 1. The van der Waals surface area contributed by atoms with Gasteiger partial charge in [-0.15, -0.1) is 10.2 Å². The highest BCUT2D eigenvalue weighted by atomic mass is 35.5. The van der Waals surface area contributed by atoms with E-state index in [0.29, 0.717) is 27.4 Å². The number of carbonyl (C=O) groups excluding carboxylic acids is 1. The van der Waals surface area contributed by atoms with Gasteiger partial charge in [-0.25, -0.2) is 0 Å². The molecule has 0 atom stereocenters. The first-order valence-corrected chi connectivity index (χ1v) is 8.78. The van der Waals surface area contributed by atoms with Crippen molar-refractivity contribution >= 4 is 45.7 Å². The second-order valence-corrected chi connectivity index (χ2v) is 7.56. The van der Waals surface area contributed by atoms with E-state index in [1.165, 1.54) is 18.4 Å². The van der Waals surface area contributed by atoms with Crippen LogP contribution in [-0.4, -0.2) is 29.0 Å². The molecule has 2 rings (SSSR count). The number of carbonyl (C=O) groups is 1. The number of rotatable bonds is 6. The van der Waals surface area contributed by atoms with Crippen LogP contribution in [0.25, 0.3) is 0 Å². The maximum absolute atomic E-state index is 12.3. The molecule has 1 N–H and O–H groups in total. The molecule has 1 heterocycles. The summed E-state index contributed by atoms with van der Waals surface area (Å²) in [5, 5.41) is 11.7. The van der Waals surface area contributed by atoms with Crippen LogP contribution in [0, 0.1) is 5.92 Å². The van der Waals surface area contributed by atoms with Crippen molar-refractivity contribution in [2.45, 2.75) is 18.2 Å². The Morgan fingerprint density at radius 1 is 1.45 bits per heavy atom. The molecule has 1 amide bonds. The number of anilines is 1. The zero-order valence-electron chi connectivity index (χ0n) is 12.4. The van der Waals surface area contributed by atoms with Gasteiger partial charge in [0.25, 0.3) is 5.91 Å². The molecular formula is C14H16ClN3O2S2. The summed E-state index contributed by atoms with van der Waals surface area (Å²) in [6.07, 6.45) is 0. The van der Waals surface area contributed by atoms with Crippen LogP contribution >= 0.6 is 34.7 Å². The van der Waals surface area contributed by atoms with Crippen molar-refractivity contribution in [3.63, 3.8) is 0 Å². The van der Waals surface area contributed by atoms with Gasteiger partial charge in [-0.3, -0.25) is 10.1 Å². The first-order chi connectivity index (χ1) is 10.5. The SMILES string of the molecule is COc1ccc(Cl)cc1C(=O)Nc1nnc(SCC(C)C)s1. The second-order valence-electron chi connectivity index (χ2n) is 4.88. The summed E-state index contributed by atoms with van der Waals surface area (Å²) in [6, 6.07) is 4.88. The lowest BCUT2D eigenvalue weighted by atomic mass is 10.2. The highest BCUT2D eigenvalue weighted by molar-refractivity contribution is 8.01. The Hall–Kier alpha value is -1.31. The summed E-state index contributed by atoms with van der Waals surface area (Å²) in [5.74, 6) is 1.67. The molecule has 0 aliphatic rings. The number of amides is 1. The van der Waals surface area contributed by atoms with Gasteiger partial charge in [0.15, 0.2) is 4.34 Å². The Labute approximate surface area is 142 Å². The monoisotopic (exact) mass is 357 g/mol. The zero-order chi connectivity index (χ0) is 16.1. The predicted molar refractivity (Wildman–Crippen MR) is 91.4 cm³/mol. The molecule has 0 unspecified atom stereocenters. The molecular weight excluding hydrogens is 342 g/mol. The molecule has 1 aromatic carbocycles. The summed E-state index contributed by atoms with van der Waals surface area (Å²) in [6.45, 7) is 4.28. The van der Waals surface area contributed by atoms with E-state index < -0.39 is 0 Å². The molecule has 0 aliphatic carbocycles. The summed E-state index contributed by atoms with van der Waals surface area (Å²) in [7, 11) is 1.51. The van der Waals surface area contributed by atoms with Crippen LogP contribution in [0.15, 0.2) is 22.5 Å². The van der Waals surface area contributed by atoms with Gasteiger partial charge in [0.05, 0.1) is 12.7 Å². The normalized spacial score (nSPS) is 10.8. The lowest BCUT2D eigenvalue weighted by Crippen LogP contribution is -2.13. The van der Waals surface area contributed by atoms with Crippen molar-refractivity contribution in [2.75, 3.05) is 18.2 Å². The molecule has 8 heteroatoms. The van der Waals surface area contributed by atoms with Gasteiger partial charge >= 0.3 is 0 Å². The van der Waals surface area contributed by atoms with Crippen LogP contribution < -0.4 is 10.1 Å². The van der Waals surface area contributed by atoms with Crippen LogP contribution in [0.1, 0.15) is 24.2 Å². The van der Waals surface area contributed by atoms with E-state index in [-0.39, 0.29) is 5.91 Å². The Morgan fingerprint density at radius 3 is 2.91 bits per heavy atom. The van der Waals surface area contributed by atoms with Gasteiger partial charge in [0, 0.05) is 10.8 Å². The predicted octanol–water partition coefficient (Wildman–Crippen LogP) is 4.20. The molecule has 0 radical (unpaired) electrons. The third-order valence-electron chi connectivity index (χ3n) is 2.57. The highest BCUT2D eigenvalue weighted by Gasteiger charge is 2.15. The van der Waals surface area contributed by atoms with Crippen LogP contribution in [-0.2, 0) is 0 Å². The molecule has 0 spiro atoms. The molecule has 0 fully saturated rings. The van der Waals surface area contributed by atoms with E-state index in [2.05, 4.69) is 29.4 Å². The Kier molecular flexibility index (Phi) is 6.05. The average molecular weight is 358 g/mol. The summed E-state index contributed by atoms with van der Waals surface area (Å²) in [5.41, 5.74) is 0.363.